The number of carbonyl (C=O) groups excluding carboxylic acids is 1. The van der Waals surface area contributed by atoms with Crippen LogP contribution in [0.2, 0.25) is 0 Å². The van der Waals surface area contributed by atoms with Gasteiger partial charge in [0.2, 0.25) is 0 Å². The van der Waals surface area contributed by atoms with E-state index in [1.54, 1.807) is 0 Å². The van der Waals surface area contributed by atoms with Crippen LogP contribution in [-0.4, -0.2) is 21.5 Å². The smallest absolute Gasteiger partial charge is 0.312 e. The molecule has 5 nitrogen and oxygen atoms in total. The second-order valence-corrected chi connectivity index (χ2v) is 6.36. The van der Waals surface area contributed by atoms with Gasteiger partial charge in [-0.25, -0.2) is 4.98 Å². The Balaban J connectivity index is 2.18. The van der Waals surface area contributed by atoms with E-state index in [9.17, 15) is 4.79 Å². The lowest BCUT2D eigenvalue weighted by Gasteiger charge is -2.23. The standard InChI is InChI=1S/C15H19N3O2/c1-10-12(18-11(8-16)9-17-10)7-15(5-6-15)13(19)20-14(2,3)4/h9H,5-7H2,1-4H3. The predicted molar refractivity (Wildman–Crippen MR) is 72.7 cm³/mol. The Bertz CT molecular complexity index is 578. The molecule has 0 spiro atoms. The van der Waals surface area contributed by atoms with Gasteiger partial charge in [-0.05, 0) is 40.5 Å². The lowest BCUT2D eigenvalue weighted by molar-refractivity contribution is -0.161. The normalized spacial score (nSPS) is 16.4. The maximum atomic E-state index is 12.3. The monoisotopic (exact) mass is 273 g/mol. The Labute approximate surface area is 119 Å². The SMILES string of the molecule is Cc1ncc(C#N)nc1CC1(C(=O)OC(C)(C)C)CC1. The fourth-order valence-electron chi connectivity index (χ4n) is 2.02. The molecule has 1 aliphatic carbocycles. The molecule has 0 unspecified atom stereocenters. The first-order valence-corrected chi connectivity index (χ1v) is 6.72. The fraction of sp³-hybridized carbons (Fsp3) is 0.600. The number of ether oxygens (including phenoxy) is 1. The third-order valence-corrected chi connectivity index (χ3v) is 3.36. The van der Waals surface area contributed by atoms with E-state index < -0.39 is 11.0 Å². The van der Waals surface area contributed by atoms with E-state index in [4.69, 9.17) is 10.00 Å². The van der Waals surface area contributed by atoms with E-state index in [0.717, 1.165) is 18.5 Å². The third kappa shape index (κ3) is 3.13. The highest BCUT2D eigenvalue weighted by molar-refractivity contribution is 5.80. The first-order valence-electron chi connectivity index (χ1n) is 6.72. The van der Waals surface area contributed by atoms with E-state index in [0.29, 0.717) is 12.1 Å². The molecule has 0 aliphatic heterocycles. The highest BCUT2D eigenvalue weighted by Crippen LogP contribution is 2.50. The Morgan fingerprint density at radius 3 is 2.65 bits per heavy atom. The molecule has 0 radical (unpaired) electrons. The fourth-order valence-corrected chi connectivity index (χ4v) is 2.02. The van der Waals surface area contributed by atoms with Crippen molar-refractivity contribution in [1.82, 2.24) is 9.97 Å². The highest BCUT2D eigenvalue weighted by Gasteiger charge is 2.52. The molecule has 0 aromatic carbocycles. The Morgan fingerprint density at radius 1 is 1.50 bits per heavy atom. The maximum Gasteiger partial charge on any atom is 0.312 e. The molecule has 0 atom stereocenters. The highest BCUT2D eigenvalue weighted by atomic mass is 16.6. The number of hydrogen-bond acceptors (Lipinski definition) is 5. The summed E-state index contributed by atoms with van der Waals surface area (Å²) >= 11 is 0. The minimum atomic E-state index is -0.484. The zero-order valence-electron chi connectivity index (χ0n) is 12.4. The van der Waals surface area contributed by atoms with Crippen LogP contribution in [0.1, 0.15) is 50.7 Å². The number of rotatable bonds is 3. The molecular weight excluding hydrogens is 254 g/mol. The molecule has 5 heteroatoms. The van der Waals surface area contributed by atoms with Crippen molar-refractivity contribution in [1.29, 1.82) is 5.26 Å². The van der Waals surface area contributed by atoms with Crippen LogP contribution in [0.3, 0.4) is 0 Å². The molecule has 2 rings (SSSR count). The number of aryl methyl sites for hydroxylation is 1. The quantitative estimate of drug-likeness (QED) is 0.790. The van der Waals surface area contributed by atoms with Gasteiger partial charge in [0.15, 0.2) is 5.69 Å². The number of aromatic nitrogens is 2. The van der Waals surface area contributed by atoms with Crippen molar-refractivity contribution in [3.05, 3.63) is 23.3 Å². The number of hydrogen-bond donors (Lipinski definition) is 0. The van der Waals surface area contributed by atoms with Gasteiger partial charge in [0, 0.05) is 6.42 Å². The summed E-state index contributed by atoms with van der Waals surface area (Å²) in [5.41, 5.74) is 0.805. The van der Waals surface area contributed by atoms with Crippen molar-refractivity contribution in [2.24, 2.45) is 5.41 Å². The van der Waals surface area contributed by atoms with Crippen LogP contribution < -0.4 is 0 Å². The van der Waals surface area contributed by atoms with Crippen molar-refractivity contribution < 1.29 is 9.53 Å². The summed E-state index contributed by atoms with van der Waals surface area (Å²) in [5.74, 6) is -0.173. The van der Waals surface area contributed by atoms with E-state index in [2.05, 4.69) is 9.97 Å². The molecule has 0 saturated heterocycles. The van der Waals surface area contributed by atoms with Crippen LogP contribution in [0.4, 0.5) is 0 Å². The minimum absolute atomic E-state index is 0.173. The molecule has 0 N–H and O–H groups in total. The molecular formula is C15H19N3O2. The van der Waals surface area contributed by atoms with Crippen molar-refractivity contribution in [2.45, 2.75) is 52.6 Å². The topological polar surface area (TPSA) is 75.9 Å². The van der Waals surface area contributed by atoms with Crippen molar-refractivity contribution >= 4 is 5.97 Å². The van der Waals surface area contributed by atoms with Gasteiger partial charge in [-0.3, -0.25) is 9.78 Å². The number of esters is 1. The van der Waals surface area contributed by atoms with Gasteiger partial charge in [-0.1, -0.05) is 0 Å². The molecule has 0 amide bonds. The average molecular weight is 273 g/mol. The molecule has 1 fully saturated rings. The first kappa shape index (κ1) is 14.4. The number of nitrogens with zero attached hydrogens (tertiary/aromatic N) is 3. The lowest BCUT2D eigenvalue weighted by atomic mass is 9.98. The van der Waals surface area contributed by atoms with Crippen LogP contribution in [0.5, 0.6) is 0 Å². The molecule has 1 aromatic heterocycles. The number of carbonyl (C=O) groups is 1. The second-order valence-electron chi connectivity index (χ2n) is 6.36. The summed E-state index contributed by atoms with van der Waals surface area (Å²) < 4.78 is 5.48. The van der Waals surface area contributed by atoms with Gasteiger partial charge in [0.05, 0.1) is 23.0 Å². The molecule has 106 valence electrons. The minimum Gasteiger partial charge on any atom is -0.460 e. The zero-order chi connectivity index (χ0) is 15.0. The summed E-state index contributed by atoms with van der Waals surface area (Å²) in [6.45, 7) is 7.43. The third-order valence-electron chi connectivity index (χ3n) is 3.36. The van der Waals surface area contributed by atoms with Gasteiger partial charge < -0.3 is 4.74 Å². The van der Waals surface area contributed by atoms with Gasteiger partial charge in [-0.15, -0.1) is 0 Å². The average Bonchev–Trinajstić information content (AvgIpc) is 3.11. The Kier molecular flexibility index (Phi) is 3.51. The first-order chi connectivity index (χ1) is 9.26. The van der Waals surface area contributed by atoms with E-state index in [-0.39, 0.29) is 11.7 Å². The summed E-state index contributed by atoms with van der Waals surface area (Å²) in [4.78, 5) is 20.7. The molecule has 1 aliphatic rings. The van der Waals surface area contributed by atoms with Gasteiger partial charge in [0.25, 0.3) is 0 Å². The second kappa shape index (κ2) is 4.86. The molecule has 1 saturated carbocycles. The lowest BCUT2D eigenvalue weighted by Crippen LogP contribution is -2.31. The van der Waals surface area contributed by atoms with E-state index in [1.165, 1.54) is 6.20 Å². The molecule has 1 aromatic rings. The van der Waals surface area contributed by atoms with Gasteiger partial charge in [-0.2, -0.15) is 5.26 Å². The Morgan fingerprint density at radius 2 is 2.15 bits per heavy atom. The summed E-state index contributed by atoms with van der Waals surface area (Å²) in [7, 11) is 0. The van der Waals surface area contributed by atoms with Crippen molar-refractivity contribution in [2.75, 3.05) is 0 Å². The molecule has 20 heavy (non-hydrogen) atoms. The largest absolute Gasteiger partial charge is 0.460 e. The summed E-state index contributed by atoms with van der Waals surface area (Å²) in [5, 5.41) is 8.88. The van der Waals surface area contributed by atoms with E-state index in [1.807, 2.05) is 33.8 Å². The maximum absolute atomic E-state index is 12.3. The van der Waals surface area contributed by atoms with Crippen LogP contribution in [-0.2, 0) is 16.0 Å². The van der Waals surface area contributed by atoms with Gasteiger partial charge >= 0.3 is 5.97 Å². The van der Waals surface area contributed by atoms with Gasteiger partial charge in [0.1, 0.15) is 11.7 Å². The Hall–Kier alpha value is -1.96. The molecule has 0 bridgehead atoms. The van der Waals surface area contributed by atoms with E-state index >= 15 is 0 Å². The van der Waals surface area contributed by atoms with Crippen LogP contribution >= 0.6 is 0 Å². The van der Waals surface area contributed by atoms with Crippen molar-refractivity contribution in [3.8, 4) is 6.07 Å². The number of nitriles is 1. The summed E-state index contributed by atoms with van der Waals surface area (Å²) in [6.07, 6.45) is 3.56. The van der Waals surface area contributed by atoms with Crippen LogP contribution in [0.25, 0.3) is 0 Å². The predicted octanol–water partition coefficient (Wildman–Crippen LogP) is 2.32. The van der Waals surface area contributed by atoms with Crippen LogP contribution in [0.15, 0.2) is 6.20 Å². The molecule has 1 heterocycles. The van der Waals surface area contributed by atoms with Crippen molar-refractivity contribution in [3.63, 3.8) is 0 Å². The summed E-state index contributed by atoms with van der Waals surface area (Å²) in [6, 6.07) is 1.98. The zero-order valence-corrected chi connectivity index (χ0v) is 12.4. The van der Waals surface area contributed by atoms with Crippen LogP contribution in [0, 0.1) is 23.7 Å².